The van der Waals surface area contributed by atoms with E-state index < -0.39 is 0 Å². The van der Waals surface area contributed by atoms with Gasteiger partial charge in [0.15, 0.2) is 0 Å². The van der Waals surface area contributed by atoms with Gasteiger partial charge in [0.05, 0.1) is 6.04 Å². The lowest BCUT2D eigenvalue weighted by Gasteiger charge is -2.19. The molecule has 2 aliphatic rings. The van der Waals surface area contributed by atoms with E-state index in [1.807, 2.05) is 0 Å². The van der Waals surface area contributed by atoms with Gasteiger partial charge in [0.2, 0.25) is 0 Å². The van der Waals surface area contributed by atoms with E-state index in [0.29, 0.717) is 6.04 Å². The van der Waals surface area contributed by atoms with Crippen LogP contribution in [-0.4, -0.2) is 30.5 Å². The first kappa shape index (κ1) is 8.24. The predicted molar refractivity (Wildman–Crippen MR) is 46.4 cm³/mol. The first-order chi connectivity index (χ1) is 4.79. The van der Waals surface area contributed by atoms with Gasteiger partial charge in [-0.3, -0.25) is 4.90 Å². The Morgan fingerprint density at radius 1 is 1.09 bits per heavy atom. The average molecular weight is 151 g/mol. The van der Waals surface area contributed by atoms with E-state index in [9.17, 15) is 0 Å². The minimum Gasteiger partial charge on any atom is -0.412 e. The van der Waals surface area contributed by atoms with Crippen molar-refractivity contribution in [2.75, 3.05) is 14.1 Å². The van der Waals surface area contributed by atoms with Gasteiger partial charge in [-0.05, 0) is 25.2 Å². The zero-order valence-corrected chi connectivity index (χ0v) is 6.83. The molecule has 11 heavy (non-hydrogen) atoms. The summed E-state index contributed by atoms with van der Waals surface area (Å²) in [5.41, 5.74) is 2.86. The van der Waals surface area contributed by atoms with Gasteiger partial charge in [-0.25, -0.2) is 0 Å². The van der Waals surface area contributed by atoms with Crippen LogP contribution in [0.5, 0.6) is 0 Å². The fourth-order valence-electron chi connectivity index (χ4n) is 1.65. The summed E-state index contributed by atoms with van der Waals surface area (Å²) in [4.78, 5) is 2.24. The van der Waals surface area contributed by atoms with Gasteiger partial charge in [-0.15, -0.1) is 0 Å². The second-order valence-electron chi connectivity index (χ2n) is 3.03. The minimum atomic E-state index is 0. The highest BCUT2D eigenvalue weighted by Gasteiger charge is 2.25. The molecule has 0 amide bonds. The van der Waals surface area contributed by atoms with Crippen LogP contribution < -0.4 is 0 Å². The number of hydrogen-bond acceptors (Lipinski definition) is 1. The molecule has 0 radical (unpaired) electrons. The highest BCUT2D eigenvalue weighted by Crippen LogP contribution is 2.31. The molecule has 0 aromatic rings. The zero-order chi connectivity index (χ0) is 7.14. The van der Waals surface area contributed by atoms with E-state index in [-0.39, 0.29) is 5.48 Å². The summed E-state index contributed by atoms with van der Waals surface area (Å²) in [5.74, 6) is 0. The summed E-state index contributed by atoms with van der Waals surface area (Å²) in [6, 6.07) is 0.556. The van der Waals surface area contributed by atoms with Crippen LogP contribution in [0, 0.1) is 0 Å². The van der Waals surface area contributed by atoms with Crippen LogP contribution in [0.25, 0.3) is 0 Å². The maximum atomic E-state index is 2.24. The van der Waals surface area contributed by atoms with E-state index in [1.165, 1.54) is 11.1 Å². The summed E-state index contributed by atoms with van der Waals surface area (Å²) in [6.45, 7) is 0. The van der Waals surface area contributed by atoms with E-state index in [0.717, 1.165) is 0 Å². The molecule has 0 spiro atoms. The molecule has 0 aliphatic heterocycles. The summed E-state index contributed by atoms with van der Waals surface area (Å²) in [6.07, 6.45) is 8.78. The Balaban J connectivity index is 0.000000605. The molecule has 2 rings (SSSR count). The molecule has 0 saturated heterocycles. The fourth-order valence-corrected chi connectivity index (χ4v) is 1.65. The van der Waals surface area contributed by atoms with Crippen LogP contribution in [0.4, 0.5) is 0 Å². The number of fused-ring (bicyclic) bond motifs is 2. The molecule has 2 N–H and O–H groups in total. The summed E-state index contributed by atoms with van der Waals surface area (Å²) in [5, 5.41) is 0. The second kappa shape index (κ2) is 2.64. The molecule has 2 heteroatoms. The van der Waals surface area contributed by atoms with Crippen molar-refractivity contribution in [2.24, 2.45) is 0 Å². The highest BCUT2D eigenvalue weighted by atomic mass is 16.0. The Labute approximate surface area is 66.8 Å². The van der Waals surface area contributed by atoms with Gasteiger partial charge in [-0.1, -0.05) is 24.3 Å². The number of allylic oxidation sites excluding steroid dienone is 2. The fraction of sp³-hybridized carbons (Fsp3) is 0.333. The van der Waals surface area contributed by atoms with Crippen molar-refractivity contribution in [3.8, 4) is 0 Å². The van der Waals surface area contributed by atoms with Crippen LogP contribution >= 0.6 is 0 Å². The van der Waals surface area contributed by atoms with Crippen LogP contribution in [-0.2, 0) is 0 Å². The van der Waals surface area contributed by atoms with Crippen molar-refractivity contribution in [1.29, 1.82) is 0 Å². The Bertz CT molecular complexity index is 226. The largest absolute Gasteiger partial charge is 0.412 e. The topological polar surface area (TPSA) is 34.7 Å². The third-order valence-corrected chi connectivity index (χ3v) is 2.08. The maximum absolute atomic E-state index is 2.24. The van der Waals surface area contributed by atoms with Crippen molar-refractivity contribution in [1.82, 2.24) is 4.90 Å². The first-order valence-electron chi connectivity index (χ1n) is 3.55. The summed E-state index contributed by atoms with van der Waals surface area (Å²) in [7, 11) is 4.23. The summed E-state index contributed by atoms with van der Waals surface area (Å²) < 4.78 is 0. The number of hydrogen-bond donors (Lipinski definition) is 0. The normalized spacial score (nSPS) is 20.3. The predicted octanol–water partition coefficient (Wildman–Crippen LogP) is 0.528. The lowest BCUT2D eigenvalue weighted by molar-refractivity contribution is 0.381. The molecule has 0 saturated carbocycles. The molecule has 0 heterocycles. The Kier molecular flexibility index (Phi) is 1.98. The Morgan fingerprint density at radius 3 is 1.73 bits per heavy atom. The Morgan fingerprint density at radius 2 is 1.55 bits per heavy atom. The molecule has 0 aromatic carbocycles. The smallest absolute Gasteiger partial charge is 0.0596 e. The van der Waals surface area contributed by atoms with Crippen molar-refractivity contribution in [3.63, 3.8) is 0 Å². The monoisotopic (exact) mass is 151 g/mol. The molecular weight excluding hydrogens is 138 g/mol. The minimum absolute atomic E-state index is 0. The van der Waals surface area contributed by atoms with Crippen LogP contribution in [0.2, 0.25) is 0 Å². The molecule has 0 fully saturated rings. The third kappa shape index (κ3) is 1.04. The van der Waals surface area contributed by atoms with Crippen LogP contribution in [0.1, 0.15) is 0 Å². The molecule has 2 bridgehead atoms. The molecule has 2 aliphatic carbocycles. The molecular formula is C9H13NO. The van der Waals surface area contributed by atoms with E-state index in [2.05, 4.69) is 43.3 Å². The van der Waals surface area contributed by atoms with E-state index in [4.69, 9.17) is 0 Å². The Hall–Kier alpha value is -0.860. The maximum Gasteiger partial charge on any atom is 0.0596 e. The van der Waals surface area contributed by atoms with Gasteiger partial charge >= 0.3 is 0 Å². The number of rotatable bonds is 1. The van der Waals surface area contributed by atoms with E-state index >= 15 is 0 Å². The number of likely N-dealkylation sites (N-methyl/N-ethyl adjacent to an activating group) is 1. The van der Waals surface area contributed by atoms with Gasteiger partial charge in [0.1, 0.15) is 0 Å². The van der Waals surface area contributed by atoms with Crippen molar-refractivity contribution >= 4 is 0 Å². The summed E-state index contributed by atoms with van der Waals surface area (Å²) >= 11 is 0. The van der Waals surface area contributed by atoms with Crippen molar-refractivity contribution < 1.29 is 5.48 Å². The van der Waals surface area contributed by atoms with E-state index in [1.54, 1.807) is 0 Å². The molecule has 60 valence electrons. The van der Waals surface area contributed by atoms with Gasteiger partial charge in [0, 0.05) is 0 Å². The SMILES string of the molecule is CN(C)C1C2=CC=C1C=C2.O. The zero-order valence-electron chi connectivity index (χ0n) is 6.83. The highest BCUT2D eigenvalue weighted by molar-refractivity contribution is 5.56. The standard InChI is InChI=1S/C9H11N.H2O/c1-10(2)9-7-3-4-8(9)6-5-7;/h3-6,9H,1-2H3;1H2. The second-order valence-corrected chi connectivity index (χ2v) is 3.03. The van der Waals surface area contributed by atoms with Crippen LogP contribution in [0.15, 0.2) is 35.5 Å². The lowest BCUT2D eigenvalue weighted by atomic mass is 10.1. The third-order valence-electron chi connectivity index (χ3n) is 2.08. The van der Waals surface area contributed by atoms with Crippen molar-refractivity contribution in [3.05, 3.63) is 35.5 Å². The molecule has 0 unspecified atom stereocenters. The van der Waals surface area contributed by atoms with Crippen molar-refractivity contribution in [2.45, 2.75) is 6.04 Å². The lowest BCUT2D eigenvalue weighted by Crippen LogP contribution is -2.26. The van der Waals surface area contributed by atoms with Crippen LogP contribution in [0.3, 0.4) is 0 Å². The van der Waals surface area contributed by atoms with Gasteiger partial charge in [0.25, 0.3) is 0 Å². The van der Waals surface area contributed by atoms with Gasteiger partial charge < -0.3 is 5.48 Å². The van der Waals surface area contributed by atoms with Gasteiger partial charge in [-0.2, -0.15) is 0 Å². The average Bonchev–Trinajstić information content (AvgIpc) is 2.43. The number of nitrogens with zero attached hydrogens (tertiary/aromatic N) is 1. The quantitative estimate of drug-likeness (QED) is 0.538. The molecule has 0 aromatic heterocycles. The molecule has 2 nitrogen and oxygen atoms in total. The first-order valence-corrected chi connectivity index (χ1v) is 3.55. The molecule has 0 atom stereocenters.